The Bertz CT molecular complexity index is 849. The van der Waals surface area contributed by atoms with Gasteiger partial charge in [-0.15, -0.1) is 10.2 Å². The molecule has 26 heavy (non-hydrogen) atoms. The molecule has 0 N–H and O–H groups in total. The highest BCUT2D eigenvalue weighted by atomic mass is 15.4. The second kappa shape index (κ2) is 7.25. The molecule has 0 radical (unpaired) electrons. The molecule has 1 saturated heterocycles. The minimum Gasteiger partial charge on any atom is -0.353 e. The van der Waals surface area contributed by atoms with Crippen molar-refractivity contribution >= 4 is 5.82 Å². The third-order valence-electron chi connectivity index (χ3n) is 4.96. The Kier molecular flexibility index (Phi) is 4.67. The van der Waals surface area contributed by atoms with Crippen molar-refractivity contribution in [2.75, 3.05) is 31.1 Å². The Labute approximate surface area is 154 Å². The van der Waals surface area contributed by atoms with E-state index in [1.165, 1.54) is 16.7 Å². The molecule has 0 bridgehead atoms. The number of aromatic nitrogens is 4. The van der Waals surface area contributed by atoms with E-state index in [4.69, 9.17) is 0 Å². The number of aryl methyl sites for hydroxylation is 2. The summed E-state index contributed by atoms with van der Waals surface area (Å²) in [5.74, 6) is 1.68. The first-order valence-corrected chi connectivity index (χ1v) is 9.06. The van der Waals surface area contributed by atoms with Crippen molar-refractivity contribution in [1.29, 1.82) is 0 Å². The van der Waals surface area contributed by atoms with Crippen LogP contribution in [0.25, 0.3) is 5.82 Å². The number of hydrogen-bond donors (Lipinski definition) is 0. The molecule has 4 rings (SSSR count). The van der Waals surface area contributed by atoms with Gasteiger partial charge in [-0.1, -0.05) is 23.8 Å². The van der Waals surface area contributed by atoms with E-state index < -0.39 is 0 Å². The van der Waals surface area contributed by atoms with Gasteiger partial charge in [0, 0.05) is 45.1 Å². The van der Waals surface area contributed by atoms with Gasteiger partial charge in [-0.25, -0.2) is 4.68 Å². The summed E-state index contributed by atoms with van der Waals surface area (Å²) >= 11 is 0. The van der Waals surface area contributed by atoms with Gasteiger partial charge < -0.3 is 4.90 Å². The first-order chi connectivity index (χ1) is 12.7. The van der Waals surface area contributed by atoms with Crippen LogP contribution in [0, 0.1) is 13.8 Å². The van der Waals surface area contributed by atoms with E-state index in [1.807, 2.05) is 24.4 Å². The highest BCUT2D eigenvalue weighted by Crippen LogP contribution is 2.17. The van der Waals surface area contributed by atoms with Gasteiger partial charge in [0.25, 0.3) is 0 Å². The summed E-state index contributed by atoms with van der Waals surface area (Å²) in [5.41, 5.74) is 4.13. The average Bonchev–Trinajstić information content (AvgIpc) is 3.20. The van der Waals surface area contributed by atoms with E-state index in [0.717, 1.165) is 44.4 Å². The SMILES string of the molecule is Cc1ccc(CN2CCN(c3ccc(-n4cccn4)nn3)CC2)c(C)c1. The Morgan fingerprint density at radius 2 is 1.69 bits per heavy atom. The normalized spacial score (nSPS) is 15.4. The molecule has 1 aliphatic heterocycles. The van der Waals surface area contributed by atoms with Crippen LogP contribution in [0.15, 0.2) is 48.8 Å². The number of benzene rings is 1. The van der Waals surface area contributed by atoms with Crippen molar-refractivity contribution < 1.29 is 0 Å². The predicted molar refractivity (Wildman–Crippen MR) is 103 cm³/mol. The highest BCUT2D eigenvalue weighted by molar-refractivity contribution is 5.40. The van der Waals surface area contributed by atoms with E-state index >= 15 is 0 Å². The summed E-state index contributed by atoms with van der Waals surface area (Å²) in [5, 5.41) is 12.9. The molecule has 0 atom stereocenters. The minimum atomic E-state index is 0.743. The molecule has 134 valence electrons. The largest absolute Gasteiger partial charge is 0.353 e. The molecule has 0 unspecified atom stereocenters. The highest BCUT2D eigenvalue weighted by Gasteiger charge is 2.19. The smallest absolute Gasteiger partial charge is 0.175 e. The molecule has 6 nitrogen and oxygen atoms in total. The summed E-state index contributed by atoms with van der Waals surface area (Å²) in [7, 11) is 0. The number of nitrogens with zero attached hydrogens (tertiary/aromatic N) is 6. The molecule has 1 fully saturated rings. The van der Waals surface area contributed by atoms with E-state index in [0.29, 0.717) is 0 Å². The first kappa shape index (κ1) is 16.7. The Morgan fingerprint density at radius 1 is 0.923 bits per heavy atom. The zero-order chi connectivity index (χ0) is 17.9. The van der Waals surface area contributed by atoms with Crippen molar-refractivity contribution in [2.24, 2.45) is 0 Å². The maximum atomic E-state index is 4.39. The Morgan fingerprint density at radius 3 is 2.35 bits per heavy atom. The van der Waals surface area contributed by atoms with Crippen LogP contribution in [0.3, 0.4) is 0 Å². The van der Waals surface area contributed by atoms with Crippen molar-refractivity contribution in [3.63, 3.8) is 0 Å². The lowest BCUT2D eigenvalue weighted by Crippen LogP contribution is -2.46. The van der Waals surface area contributed by atoms with Crippen LogP contribution >= 0.6 is 0 Å². The van der Waals surface area contributed by atoms with E-state index in [-0.39, 0.29) is 0 Å². The molecule has 0 spiro atoms. The Balaban J connectivity index is 1.36. The number of rotatable bonds is 4. The topological polar surface area (TPSA) is 50.1 Å². The van der Waals surface area contributed by atoms with Gasteiger partial charge in [0.2, 0.25) is 0 Å². The van der Waals surface area contributed by atoms with Crippen LogP contribution in [0.5, 0.6) is 0 Å². The molecule has 0 saturated carbocycles. The fourth-order valence-corrected chi connectivity index (χ4v) is 3.41. The van der Waals surface area contributed by atoms with Crippen molar-refractivity contribution in [3.8, 4) is 5.82 Å². The maximum absolute atomic E-state index is 4.39. The molecule has 0 aliphatic carbocycles. The third kappa shape index (κ3) is 3.60. The van der Waals surface area contributed by atoms with Crippen LogP contribution in [-0.2, 0) is 6.54 Å². The van der Waals surface area contributed by atoms with Gasteiger partial charge in [-0.05, 0) is 43.2 Å². The molecule has 0 amide bonds. The zero-order valence-corrected chi connectivity index (χ0v) is 15.3. The summed E-state index contributed by atoms with van der Waals surface area (Å²) < 4.78 is 1.72. The molecule has 3 aromatic rings. The predicted octanol–water partition coefficient (Wildman–Crippen LogP) is 2.60. The van der Waals surface area contributed by atoms with E-state index in [9.17, 15) is 0 Å². The molecule has 6 heteroatoms. The second-order valence-electron chi connectivity index (χ2n) is 6.89. The monoisotopic (exact) mass is 348 g/mol. The van der Waals surface area contributed by atoms with Gasteiger partial charge in [-0.3, -0.25) is 4.90 Å². The van der Waals surface area contributed by atoms with Crippen LogP contribution < -0.4 is 4.90 Å². The molecule has 2 aromatic heterocycles. The van der Waals surface area contributed by atoms with Crippen LogP contribution in [-0.4, -0.2) is 51.1 Å². The number of piperazine rings is 1. The quantitative estimate of drug-likeness (QED) is 0.725. The lowest BCUT2D eigenvalue weighted by Gasteiger charge is -2.35. The summed E-state index contributed by atoms with van der Waals surface area (Å²) in [6, 6.07) is 12.6. The van der Waals surface area contributed by atoms with Crippen molar-refractivity contribution in [1.82, 2.24) is 24.9 Å². The molecule has 3 heterocycles. The summed E-state index contributed by atoms with van der Waals surface area (Å²) in [4.78, 5) is 4.82. The molecular formula is C20H24N6. The van der Waals surface area contributed by atoms with Gasteiger partial charge in [0.05, 0.1) is 0 Å². The van der Waals surface area contributed by atoms with Crippen molar-refractivity contribution in [2.45, 2.75) is 20.4 Å². The standard InChI is InChI=1S/C20H24N6/c1-16-4-5-18(17(2)14-16)15-24-10-12-25(13-11-24)19-6-7-20(23-22-19)26-9-3-8-21-26/h3-9,14H,10-13,15H2,1-2H3. The van der Waals surface area contributed by atoms with Crippen LogP contribution in [0.1, 0.15) is 16.7 Å². The van der Waals surface area contributed by atoms with Gasteiger partial charge >= 0.3 is 0 Å². The van der Waals surface area contributed by atoms with Crippen molar-refractivity contribution in [3.05, 3.63) is 65.5 Å². The lowest BCUT2D eigenvalue weighted by molar-refractivity contribution is 0.248. The number of anilines is 1. The fourth-order valence-electron chi connectivity index (χ4n) is 3.41. The lowest BCUT2D eigenvalue weighted by atomic mass is 10.1. The van der Waals surface area contributed by atoms with Gasteiger partial charge in [-0.2, -0.15) is 5.10 Å². The molecular weight excluding hydrogens is 324 g/mol. The van der Waals surface area contributed by atoms with Gasteiger partial charge in [0.15, 0.2) is 11.6 Å². The summed E-state index contributed by atoms with van der Waals surface area (Å²) in [6.07, 6.45) is 3.61. The first-order valence-electron chi connectivity index (χ1n) is 9.06. The maximum Gasteiger partial charge on any atom is 0.175 e. The average molecular weight is 348 g/mol. The van der Waals surface area contributed by atoms with Gasteiger partial charge in [0.1, 0.15) is 0 Å². The zero-order valence-electron chi connectivity index (χ0n) is 15.3. The number of hydrogen-bond acceptors (Lipinski definition) is 5. The Hall–Kier alpha value is -2.73. The fraction of sp³-hybridized carbons (Fsp3) is 0.350. The minimum absolute atomic E-state index is 0.743. The third-order valence-corrected chi connectivity index (χ3v) is 4.96. The van der Waals surface area contributed by atoms with E-state index in [2.05, 4.69) is 57.1 Å². The second-order valence-corrected chi connectivity index (χ2v) is 6.89. The van der Waals surface area contributed by atoms with E-state index in [1.54, 1.807) is 10.9 Å². The summed E-state index contributed by atoms with van der Waals surface area (Å²) in [6.45, 7) is 9.39. The molecule has 1 aliphatic rings. The van der Waals surface area contributed by atoms with Crippen LogP contribution in [0.4, 0.5) is 5.82 Å². The van der Waals surface area contributed by atoms with Crippen LogP contribution in [0.2, 0.25) is 0 Å². The molecule has 1 aromatic carbocycles.